The van der Waals surface area contributed by atoms with Crippen LogP contribution in [0.2, 0.25) is 0 Å². The normalized spacial score (nSPS) is 12.9. The first-order chi connectivity index (χ1) is 33.5. The van der Waals surface area contributed by atoms with E-state index >= 15 is 0 Å². The van der Waals surface area contributed by atoms with Crippen LogP contribution < -0.4 is 0 Å². The zero-order valence-electron chi connectivity index (χ0n) is 44.1. The Kier molecular flexibility index (Phi) is 52.4. The molecule has 0 bridgehead atoms. The fraction of sp³-hybridized carbons (Fsp3) is 0.661. The maximum atomic E-state index is 12.8. The van der Waals surface area contributed by atoms with Crippen LogP contribution in [0.5, 0.6) is 0 Å². The van der Waals surface area contributed by atoms with Crippen LogP contribution in [-0.4, -0.2) is 37.2 Å². The topological polar surface area (TPSA) is 78.9 Å². The first kappa shape index (κ1) is 64.1. The van der Waals surface area contributed by atoms with Crippen molar-refractivity contribution < 1.29 is 28.6 Å². The SMILES string of the molecule is CC/C=C\C/C=C\C/C=C\C/C=C\C/C=C\C/C=C\CCCCCCC(=O)OCC(COC(=O)CCCCCCC/C=C\CCCC)OC(=O)CCCCCCC/C=C\C/C=C\CCCCCC. The van der Waals surface area contributed by atoms with Crippen LogP contribution in [0.3, 0.4) is 0 Å². The lowest BCUT2D eigenvalue weighted by Gasteiger charge is -2.18. The van der Waals surface area contributed by atoms with E-state index in [1.807, 2.05) is 0 Å². The molecule has 386 valence electrons. The Morgan fingerprint density at radius 2 is 0.588 bits per heavy atom. The van der Waals surface area contributed by atoms with Gasteiger partial charge in [-0.15, -0.1) is 0 Å². The zero-order chi connectivity index (χ0) is 49.3. The van der Waals surface area contributed by atoms with Gasteiger partial charge in [0, 0.05) is 19.3 Å². The van der Waals surface area contributed by atoms with Gasteiger partial charge in [-0.1, -0.05) is 214 Å². The van der Waals surface area contributed by atoms with Gasteiger partial charge < -0.3 is 14.2 Å². The van der Waals surface area contributed by atoms with Crippen LogP contribution in [0, 0.1) is 0 Å². The van der Waals surface area contributed by atoms with Gasteiger partial charge in [-0.2, -0.15) is 0 Å². The molecule has 0 heterocycles. The number of rotatable bonds is 49. The molecule has 0 aliphatic heterocycles. The highest BCUT2D eigenvalue weighted by atomic mass is 16.6. The molecule has 1 atom stereocenters. The highest BCUT2D eigenvalue weighted by Gasteiger charge is 2.19. The summed E-state index contributed by atoms with van der Waals surface area (Å²) in [6.45, 7) is 6.42. The van der Waals surface area contributed by atoms with Gasteiger partial charge in [0.15, 0.2) is 6.10 Å². The molecule has 0 aliphatic carbocycles. The van der Waals surface area contributed by atoms with Crippen molar-refractivity contribution in [2.75, 3.05) is 13.2 Å². The number of hydrogen-bond acceptors (Lipinski definition) is 6. The monoisotopic (exact) mass is 943 g/mol. The summed E-state index contributed by atoms with van der Waals surface area (Å²) in [5, 5.41) is 0. The molecular weight excluding hydrogens is 841 g/mol. The van der Waals surface area contributed by atoms with E-state index in [1.165, 1.54) is 57.8 Å². The molecule has 0 N–H and O–H groups in total. The van der Waals surface area contributed by atoms with Crippen molar-refractivity contribution in [1.29, 1.82) is 0 Å². The van der Waals surface area contributed by atoms with Crippen LogP contribution >= 0.6 is 0 Å². The Hall–Kier alpha value is -3.93. The number of hydrogen-bond donors (Lipinski definition) is 0. The zero-order valence-corrected chi connectivity index (χ0v) is 44.1. The minimum atomic E-state index is -0.801. The van der Waals surface area contributed by atoms with Crippen molar-refractivity contribution in [1.82, 2.24) is 0 Å². The molecule has 6 nitrogen and oxygen atoms in total. The molecule has 1 unspecified atom stereocenters. The average molecular weight is 943 g/mol. The fourth-order valence-electron chi connectivity index (χ4n) is 7.28. The minimum absolute atomic E-state index is 0.0981. The van der Waals surface area contributed by atoms with E-state index in [4.69, 9.17) is 14.2 Å². The Balaban J connectivity index is 4.43. The van der Waals surface area contributed by atoms with E-state index in [9.17, 15) is 14.4 Å². The Morgan fingerprint density at radius 1 is 0.309 bits per heavy atom. The maximum absolute atomic E-state index is 12.8. The van der Waals surface area contributed by atoms with Crippen molar-refractivity contribution in [2.45, 2.75) is 252 Å². The second-order valence-electron chi connectivity index (χ2n) is 18.1. The third kappa shape index (κ3) is 53.0. The first-order valence-electron chi connectivity index (χ1n) is 27.9. The summed E-state index contributed by atoms with van der Waals surface area (Å²) in [7, 11) is 0. The number of ether oxygens (including phenoxy) is 3. The average Bonchev–Trinajstić information content (AvgIpc) is 3.34. The quantitative estimate of drug-likeness (QED) is 0.0262. The number of esters is 3. The van der Waals surface area contributed by atoms with Crippen molar-refractivity contribution in [3.8, 4) is 0 Å². The van der Waals surface area contributed by atoms with Gasteiger partial charge in [-0.05, 0) is 122 Å². The lowest BCUT2D eigenvalue weighted by molar-refractivity contribution is -0.167. The van der Waals surface area contributed by atoms with E-state index in [-0.39, 0.29) is 31.1 Å². The molecule has 68 heavy (non-hydrogen) atoms. The minimum Gasteiger partial charge on any atom is -0.462 e. The Morgan fingerprint density at radius 3 is 0.956 bits per heavy atom. The van der Waals surface area contributed by atoms with Crippen molar-refractivity contribution in [2.24, 2.45) is 0 Å². The summed E-state index contributed by atoms with van der Waals surface area (Å²) in [5.74, 6) is -0.949. The molecule has 0 rings (SSSR count). The van der Waals surface area contributed by atoms with E-state index in [1.54, 1.807) is 0 Å². The van der Waals surface area contributed by atoms with Gasteiger partial charge in [0.2, 0.25) is 0 Å². The third-order valence-electron chi connectivity index (χ3n) is 11.5. The highest BCUT2D eigenvalue weighted by Crippen LogP contribution is 2.13. The summed E-state index contributed by atoms with van der Waals surface area (Å²) in [5.41, 5.74) is 0. The summed E-state index contributed by atoms with van der Waals surface area (Å²) < 4.78 is 16.8. The van der Waals surface area contributed by atoms with Gasteiger partial charge in [-0.3, -0.25) is 14.4 Å². The van der Waals surface area contributed by atoms with E-state index in [2.05, 4.69) is 130 Å². The standard InChI is InChI=1S/C62H102O6/c1-4-7-10-13-16-19-22-24-26-28-29-30-31-32-33-34-36-37-40-43-46-49-52-55-61(64)67-58-59(57-66-60(63)54-51-48-45-42-39-21-18-15-12-9-6-3)68-62(65)56-53-50-47-44-41-38-35-27-25-23-20-17-14-11-8-5-2/h7,10,15-16,18-20,23-24,26-27,29-30,32-33,35-37,59H,4-6,8-9,11-14,17,21-22,25,28,31,34,38-58H2,1-3H3/b10-7-,18-15-,19-16-,23-20-,26-24-,30-29-,33-32-,35-27-,37-36-. The molecule has 0 radical (unpaired) electrons. The molecule has 0 aromatic heterocycles. The van der Waals surface area contributed by atoms with E-state index in [0.717, 1.165) is 148 Å². The molecule has 0 aromatic rings. The van der Waals surface area contributed by atoms with Crippen molar-refractivity contribution in [3.05, 3.63) is 109 Å². The molecule has 6 heteroatoms. The van der Waals surface area contributed by atoms with Gasteiger partial charge >= 0.3 is 17.9 Å². The lowest BCUT2D eigenvalue weighted by atomic mass is 10.1. The number of carbonyl (C=O) groups is 3. The fourth-order valence-corrected chi connectivity index (χ4v) is 7.28. The Bertz CT molecular complexity index is 1410. The molecule has 0 aliphatic rings. The van der Waals surface area contributed by atoms with Crippen LogP contribution in [0.4, 0.5) is 0 Å². The second-order valence-corrected chi connectivity index (χ2v) is 18.1. The molecule has 0 amide bonds. The number of allylic oxidation sites excluding steroid dienone is 18. The van der Waals surface area contributed by atoms with Crippen LogP contribution in [-0.2, 0) is 28.6 Å². The molecule has 0 saturated heterocycles. The maximum Gasteiger partial charge on any atom is 0.306 e. The van der Waals surface area contributed by atoms with Crippen LogP contribution in [0.15, 0.2) is 109 Å². The predicted octanol–water partition coefficient (Wildman–Crippen LogP) is 18.7. The molecular formula is C62H102O6. The lowest BCUT2D eigenvalue weighted by Crippen LogP contribution is -2.30. The molecule has 0 fully saturated rings. The summed E-state index contributed by atoms with van der Waals surface area (Å²) in [6, 6.07) is 0. The van der Waals surface area contributed by atoms with Gasteiger partial charge in [0.1, 0.15) is 13.2 Å². The summed E-state index contributed by atoms with van der Waals surface area (Å²) in [4.78, 5) is 38.1. The first-order valence-corrected chi connectivity index (χ1v) is 27.9. The van der Waals surface area contributed by atoms with Crippen LogP contribution in [0.25, 0.3) is 0 Å². The highest BCUT2D eigenvalue weighted by molar-refractivity contribution is 5.71. The van der Waals surface area contributed by atoms with Crippen molar-refractivity contribution in [3.63, 3.8) is 0 Å². The van der Waals surface area contributed by atoms with Gasteiger partial charge in [0.05, 0.1) is 0 Å². The van der Waals surface area contributed by atoms with Crippen molar-refractivity contribution >= 4 is 17.9 Å². The third-order valence-corrected chi connectivity index (χ3v) is 11.5. The molecule has 0 aromatic carbocycles. The van der Waals surface area contributed by atoms with Gasteiger partial charge in [0.25, 0.3) is 0 Å². The second kappa shape index (κ2) is 55.7. The summed E-state index contributed by atoms with van der Waals surface area (Å²) >= 11 is 0. The molecule has 0 spiro atoms. The predicted molar refractivity (Wildman–Crippen MR) is 293 cm³/mol. The van der Waals surface area contributed by atoms with Gasteiger partial charge in [-0.25, -0.2) is 0 Å². The largest absolute Gasteiger partial charge is 0.462 e. The number of carbonyl (C=O) groups excluding carboxylic acids is 3. The smallest absolute Gasteiger partial charge is 0.306 e. The number of unbranched alkanes of at least 4 members (excludes halogenated alkanes) is 20. The van der Waals surface area contributed by atoms with E-state index < -0.39 is 6.10 Å². The van der Waals surface area contributed by atoms with E-state index in [0.29, 0.717) is 19.3 Å². The summed E-state index contributed by atoms with van der Waals surface area (Å²) in [6.07, 6.45) is 75.0. The Labute approximate surface area is 419 Å². The molecule has 0 saturated carbocycles. The van der Waals surface area contributed by atoms with Crippen LogP contribution in [0.1, 0.15) is 245 Å².